The van der Waals surface area contributed by atoms with Crippen molar-refractivity contribution in [3.63, 3.8) is 0 Å². The molecule has 1 aliphatic heterocycles. The van der Waals surface area contributed by atoms with Crippen molar-refractivity contribution in [1.82, 2.24) is 9.55 Å². The molecular weight excluding hydrogens is 102 g/mol. The third-order valence-electron chi connectivity index (χ3n) is 1.11. The van der Waals surface area contributed by atoms with Crippen molar-refractivity contribution < 1.29 is 0 Å². The van der Waals surface area contributed by atoms with Crippen LogP contribution in [0.5, 0.6) is 0 Å². The smallest absolute Gasteiger partial charge is 0.230 e. The van der Waals surface area contributed by atoms with Gasteiger partial charge in [-0.2, -0.15) is 0 Å². The maximum absolute atomic E-state index is 3.95. The van der Waals surface area contributed by atoms with Gasteiger partial charge in [-0.15, -0.1) is 0 Å². The lowest BCUT2D eigenvalue weighted by molar-refractivity contribution is 0.893. The van der Waals surface area contributed by atoms with Crippen LogP contribution in [-0.2, 0) is 6.54 Å². The summed E-state index contributed by atoms with van der Waals surface area (Å²) >= 11 is 0. The molecule has 0 atom stereocenters. The van der Waals surface area contributed by atoms with Gasteiger partial charge in [0.05, 0.1) is 18.9 Å². The van der Waals surface area contributed by atoms with Gasteiger partial charge in [-0.25, -0.2) is 9.98 Å². The number of hydrogen-bond donors (Lipinski definition) is 0. The number of fused-ring (bicyclic) bond motifs is 1. The van der Waals surface area contributed by atoms with Gasteiger partial charge in [-0.3, -0.25) is 0 Å². The molecule has 39 valence electrons. The molecule has 0 aliphatic carbocycles. The molecule has 2 heterocycles. The Bertz CT molecular complexity index is 223. The standard InChI is InChI=1S/C5H4N3/c1-3-8-4-2-7-5(8)6-1/h1-2H,3H2. The van der Waals surface area contributed by atoms with Crippen molar-refractivity contribution >= 4 is 12.2 Å². The van der Waals surface area contributed by atoms with E-state index >= 15 is 0 Å². The predicted molar refractivity (Wildman–Crippen MR) is 29.2 cm³/mol. The van der Waals surface area contributed by atoms with Gasteiger partial charge in [0.1, 0.15) is 0 Å². The molecule has 3 nitrogen and oxygen atoms in total. The van der Waals surface area contributed by atoms with Crippen LogP contribution in [0.25, 0.3) is 0 Å². The van der Waals surface area contributed by atoms with E-state index in [0.29, 0.717) is 0 Å². The molecule has 8 heavy (non-hydrogen) atoms. The summed E-state index contributed by atoms with van der Waals surface area (Å²) in [5.74, 6) is 0.769. The van der Waals surface area contributed by atoms with E-state index in [0.717, 1.165) is 12.5 Å². The van der Waals surface area contributed by atoms with Gasteiger partial charge in [-0.1, -0.05) is 0 Å². The van der Waals surface area contributed by atoms with Crippen molar-refractivity contribution in [1.29, 1.82) is 0 Å². The number of nitrogens with zero attached hydrogens (tertiary/aromatic N) is 3. The summed E-state index contributed by atoms with van der Waals surface area (Å²) in [6.07, 6.45) is 6.35. The zero-order valence-corrected chi connectivity index (χ0v) is 4.20. The molecule has 2 rings (SSSR count). The molecule has 1 radical (unpaired) electrons. The van der Waals surface area contributed by atoms with E-state index in [9.17, 15) is 0 Å². The zero-order chi connectivity index (χ0) is 5.40. The second kappa shape index (κ2) is 1.18. The first-order valence-corrected chi connectivity index (χ1v) is 2.42. The van der Waals surface area contributed by atoms with Gasteiger partial charge >= 0.3 is 0 Å². The summed E-state index contributed by atoms with van der Waals surface area (Å²) in [5, 5.41) is 0. The summed E-state index contributed by atoms with van der Waals surface area (Å²) in [6.45, 7) is 0.829. The lowest BCUT2D eigenvalue weighted by Crippen LogP contribution is -1.87. The monoisotopic (exact) mass is 106 g/mol. The molecule has 0 spiro atoms. The van der Waals surface area contributed by atoms with E-state index in [1.807, 2.05) is 10.8 Å². The highest BCUT2D eigenvalue weighted by molar-refractivity contribution is 5.64. The fourth-order valence-corrected chi connectivity index (χ4v) is 0.725. The number of aliphatic imine (C=N–C) groups is 1. The van der Waals surface area contributed by atoms with Crippen LogP contribution in [0.1, 0.15) is 0 Å². The molecule has 1 aromatic heterocycles. The van der Waals surface area contributed by atoms with Gasteiger partial charge in [0.15, 0.2) is 0 Å². The Kier molecular flexibility index (Phi) is 0.566. The quantitative estimate of drug-likeness (QED) is 0.470. The fourth-order valence-electron chi connectivity index (χ4n) is 0.725. The molecule has 0 aromatic carbocycles. The van der Waals surface area contributed by atoms with Crippen LogP contribution >= 0.6 is 0 Å². The molecular formula is C5H4N3. The average molecular weight is 106 g/mol. The van der Waals surface area contributed by atoms with E-state index in [4.69, 9.17) is 0 Å². The Morgan fingerprint density at radius 2 is 2.75 bits per heavy atom. The minimum Gasteiger partial charge on any atom is -0.302 e. The first kappa shape index (κ1) is 3.83. The van der Waals surface area contributed by atoms with Crippen molar-refractivity contribution in [3.05, 3.63) is 12.4 Å². The summed E-state index contributed by atoms with van der Waals surface area (Å²) in [7, 11) is 0. The molecule has 0 saturated carbocycles. The fraction of sp³-hybridized carbons (Fsp3) is 0.200. The lowest BCUT2D eigenvalue weighted by Gasteiger charge is -1.85. The highest BCUT2D eigenvalue weighted by Crippen LogP contribution is 2.10. The Labute approximate surface area is 46.7 Å². The van der Waals surface area contributed by atoms with E-state index in [1.165, 1.54) is 0 Å². The van der Waals surface area contributed by atoms with Crippen molar-refractivity contribution in [2.45, 2.75) is 6.54 Å². The summed E-state index contributed by atoms with van der Waals surface area (Å²) in [6, 6.07) is 0. The van der Waals surface area contributed by atoms with Crippen molar-refractivity contribution in [3.8, 4) is 0 Å². The summed E-state index contributed by atoms with van der Waals surface area (Å²) in [4.78, 5) is 7.86. The highest BCUT2D eigenvalue weighted by Gasteiger charge is 2.02. The van der Waals surface area contributed by atoms with Crippen LogP contribution in [0.3, 0.4) is 0 Å². The minimum absolute atomic E-state index is 0.769. The van der Waals surface area contributed by atoms with E-state index in [2.05, 4.69) is 16.2 Å². The lowest BCUT2D eigenvalue weighted by atomic mass is 10.7. The minimum atomic E-state index is 0.769. The van der Waals surface area contributed by atoms with Crippen LogP contribution in [0.2, 0.25) is 0 Å². The highest BCUT2D eigenvalue weighted by atomic mass is 15.2. The largest absolute Gasteiger partial charge is 0.302 e. The number of hydrogen-bond acceptors (Lipinski definition) is 2. The van der Waals surface area contributed by atoms with Crippen LogP contribution in [0.15, 0.2) is 11.2 Å². The first-order chi connectivity index (χ1) is 3.97. The molecule has 0 fully saturated rings. The van der Waals surface area contributed by atoms with Crippen molar-refractivity contribution in [2.24, 2.45) is 4.99 Å². The molecule has 1 aliphatic rings. The second-order valence-electron chi connectivity index (χ2n) is 1.61. The van der Waals surface area contributed by atoms with Crippen LogP contribution in [0.4, 0.5) is 5.95 Å². The number of imidazole rings is 1. The van der Waals surface area contributed by atoms with Gasteiger partial charge < -0.3 is 4.57 Å². The van der Waals surface area contributed by atoms with Crippen LogP contribution in [-0.4, -0.2) is 15.8 Å². The zero-order valence-electron chi connectivity index (χ0n) is 4.20. The Morgan fingerprint density at radius 1 is 1.75 bits per heavy atom. The topological polar surface area (TPSA) is 30.2 Å². The predicted octanol–water partition coefficient (Wildman–Crippen LogP) is 0.399. The third-order valence-corrected chi connectivity index (χ3v) is 1.11. The normalized spacial score (nSPS) is 14.5. The van der Waals surface area contributed by atoms with E-state index < -0.39 is 0 Å². The summed E-state index contributed by atoms with van der Waals surface area (Å²) < 4.78 is 1.86. The van der Waals surface area contributed by atoms with Gasteiger partial charge in [-0.05, 0) is 0 Å². The SMILES string of the molecule is [c]1cnc2n1CC=N2. The van der Waals surface area contributed by atoms with Gasteiger partial charge in [0.25, 0.3) is 0 Å². The Balaban J connectivity index is 2.67. The molecule has 0 bridgehead atoms. The number of aromatic nitrogens is 2. The van der Waals surface area contributed by atoms with Crippen LogP contribution in [0, 0.1) is 6.20 Å². The maximum Gasteiger partial charge on any atom is 0.230 e. The summed E-state index contributed by atoms with van der Waals surface area (Å²) in [5.41, 5.74) is 0. The number of rotatable bonds is 0. The van der Waals surface area contributed by atoms with Crippen molar-refractivity contribution in [2.75, 3.05) is 0 Å². The van der Waals surface area contributed by atoms with E-state index in [-0.39, 0.29) is 0 Å². The Hall–Kier alpha value is -1.12. The molecule has 3 heteroatoms. The third kappa shape index (κ3) is 0.332. The molecule has 0 amide bonds. The molecule has 0 N–H and O–H groups in total. The molecule has 0 unspecified atom stereocenters. The van der Waals surface area contributed by atoms with Gasteiger partial charge in [0, 0.05) is 6.21 Å². The molecule has 1 aromatic rings. The first-order valence-electron chi connectivity index (χ1n) is 2.42. The maximum atomic E-state index is 3.95. The van der Waals surface area contributed by atoms with Gasteiger partial charge in [0.2, 0.25) is 5.95 Å². The van der Waals surface area contributed by atoms with E-state index in [1.54, 1.807) is 6.20 Å². The second-order valence-corrected chi connectivity index (χ2v) is 1.61. The average Bonchev–Trinajstić information content (AvgIpc) is 2.15. The Morgan fingerprint density at radius 3 is 3.62 bits per heavy atom. The molecule has 0 saturated heterocycles. The van der Waals surface area contributed by atoms with Crippen LogP contribution < -0.4 is 0 Å².